The Hall–Kier alpha value is -2.66. The summed E-state index contributed by atoms with van der Waals surface area (Å²) >= 11 is 2.70. The van der Waals surface area contributed by atoms with Crippen molar-refractivity contribution in [2.45, 2.75) is 37.8 Å². The third-order valence-electron chi connectivity index (χ3n) is 4.54. The molecular formula is C18H20N6O3S2. The zero-order chi connectivity index (χ0) is 20.4. The van der Waals surface area contributed by atoms with Crippen LogP contribution in [0.1, 0.15) is 40.6 Å². The fourth-order valence-corrected chi connectivity index (χ4v) is 5.22. The van der Waals surface area contributed by atoms with Crippen LogP contribution in [0.15, 0.2) is 11.5 Å². The average Bonchev–Trinajstić information content (AvgIpc) is 3.28. The number of carbonyl (C=O) groups excluding carboxylic acids is 2. The number of imidazole rings is 1. The first-order valence-corrected chi connectivity index (χ1v) is 11.1. The Labute approximate surface area is 174 Å². The fraction of sp³-hybridized carbons (Fsp3) is 0.389. The summed E-state index contributed by atoms with van der Waals surface area (Å²) < 4.78 is 5.22. The molecule has 152 valence electrons. The van der Waals surface area contributed by atoms with Crippen LogP contribution in [0.3, 0.4) is 0 Å². The number of thioether (sulfide) groups is 1. The molecule has 9 nitrogen and oxygen atoms in total. The summed E-state index contributed by atoms with van der Waals surface area (Å²) in [6, 6.07) is 0. The lowest BCUT2D eigenvalue weighted by Crippen LogP contribution is -2.17. The maximum atomic E-state index is 12.5. The first-order valence-electron chi connectivity index (χ1n) is 9.27. The zero-order valence-electron chi connectivity index (χ0n) is 15.8. The minimum atomic E-state index is -0.374. The van der Waals surface area contributed by atoms with E-state index in [1.165, 1.54) is 29.4 Å². The first-order chi connectivity index (χ1) is 14.1. The quantitative estimate of drug-likeness (QED) is 0.400. The SMILES string of the molecule is CCOC(=O)c1c(NC(=O)CSc2nc3ncnc(N)c3[nH]2)sc2c1CCCC2. The van der Waals surface area contributed by atoms with E-state index >= 15 is 0 Å². The number of ether oxygens (including phenoxy) is 1. The number of aromatic nitrogens is 4. The van der Waals surface area contributed by atoms with Gasteiger partial charge in [-0.1, -0.05) is 11.8 Å². The number of nitrogens with two attached hydrogens (primary N) is 1. The summed E-state index contributed by atoms with van der Waals surface area (Å²) in [6.07, 6.45) is 5.24. The second kappa shape index (κ2) is 8.37. The van der Waals surface area contributed by atoms with E-state index in [-0.39, 0.29) is 17.6 Å². The molecule has 3 aromatic rings. The van der Waals surface area contributed by atoms with Gasteiger partial charge in [-0.15, -0.1) is 11.3 Å². The molecular weight excluding hydrogens is 412 g/mol. The summed E-state index contributed by atoms with van der Waals surface area (Å²) in [7, 11) is 0. The van der Waals surface area contributed by atoms with Gasteiger partial charge in [-0.3, -0.25) is 4.79 Å². The number of nitrogens with zero attached hydrogens (tertiary/aromatic N) is 3. The fourth-order valence-electron chi connectivity index (χ4n) is 3.26. The Balaban J connectivity index is 1.48. The van der Waals surface area contributed by atoms with E-state index in [0.29, 0.717) is 39.3 Å². The molecule has 0 fully saturated rings. The molecule has 1 aliphatic rings. The Morgan fingerprint density at radius 3 is 2.97 bits per heavy atom. The minimum absolute atomic E-state index is 0.123. The average molecular weight is 433 g/mol. The van der Waals surface area contributed by atoms with E-state index in [2.05, 4.69) is 25.3 Å². The maximum Gasteiger partial charge on any atom is 0.341 e. The molecule has 0 spiro atoms. The van der Waals surface area contributed by atoms with Gasteiger partial charge in [0.05, 0.1) is 17.9 Å². The normalized spacial score (nSPS) is 13.3. The number of amides is 1. The van der Waals surface area contributed by atoms with Gasteiger partial charge >= 0.3 is 5.97 Å². The van der Waals surface area contributed by atoms with Crippen molar-refractivity contribution in [2.24, 2.45) is 0 Å². The molecule has 0 aromatic carbocycles. The number of H-pyrrole nitrogens is 1. The highest BCUT2D eigenvalue weighted by atomic mass is 32.2. The van der Waals surface area contributed by atoms with E-state index < -0.39 is 0 Å². The van der Waals surface area contributed by atoms with E-state index in [1.807, 2.05) is 0 Å². The largest absolute Gasteiger partial charge is 0.462 e. The summed E-state index contributed by atoms with van der Waals surface area (Å²) in [5.74, 6) is -0.167. The second-order valence-electron chi connectivity index (χ2n) is 6.47. The van der Waals surface area contributed by atoms with Gasteiger partial charge in [-0.25, -0.2) is 19.7 Å². The molecule has 0 saturated carbocycles. The summed E-state index contributed by atoms with van der Waals surface area (Å²) in [5, 5.41) is 3.98. The molecule has 0 saturated heterocycles. The molecule has 1 aliphatic carbocycles. The number of carbonyl (C=O) groups is 2. The molecule has 3 aromatic heterocycles. The van der Waals surface area contributed by atoms with Crippen molar-refractivity contribution in [3.05, 3.63) is 22.3 Å². The first kappa shape index (κ1) is 19.6. The third-order valence-corrected chi connectivity index (χ3v) is 6.62. The molecule has 0 radical (unpaired) electrons. The number of anilines is 2. The number of nitrogen functional groups attached to an aromatic ring is 1. The van der Waals surface area contributed by atoms with Gasteiger partial charge in [0.25, 0.3) is 0 Å². The topological polar surface area (TPSA) is 136 Å². The number of thiophene rings is 1. The summed E-state index contributed by atoms with van der Waals surface area (Å²) in [6.45, 7) is 2.07. The van der Waals surface area contributed by atoms with Crippen LogP contribution in [0.5, 0.6) is 0 Å². The number of esters is 1. The number of aromatic amines is 1. The van der Waals surface area contributed by atoms with Crippen LogP contribution in [-0.4, -0.2) is 44.2 Å². The van der Waals surface area contributed by atoms with Crippen LogP contribution in [0.4, 0.5) is 10.8 Å². The number of rotatable bonds is 6. The smallest absolute Gasteiger partial charge is 0.341 e. The van der Waals surface area contributed by atoms with Crippen molar-refractivity contribution >= 4 is 57.0 Å². The number of nitrogens with one attached hydrogen (secondary N) is 2. The zero-order valence-corrected chi connectivity index (χ0v) is 17.4. The van der Waals surface area contributed by atoms with Crippen molar-refractivity contribution in [3.63, 3.8) is 0 Å². The van der Waals surface area contributed by atoms with Gasteiger partial charge in [0.2, 0.25) is 5.91 Å². The van der Waals surface area contributed by atoms with Gasteiger partial charge in [0.1, 0.15) is 16.8 Å². The predicted octanol–water partition coefficient (Wildman–Crippen LogP) is 2.78. The van der Waals surface area contributed by atoms with Crippen LogP contribution >= 0.6 is 23.1 Å². The van der Waals surface area contributed by atoms with E-state index in [0.717, 1.165) is 36.1 Å². The summed E-state index contributed by atoms with van der Waals surface area (Å²) in [4.78, 5) is 41.5. The third kappa shape index (κ3) is 4.06. The van der Waals surface area contributed by atoms with Crippen molar-refractivity contribution in [1.29, 1.82) is 0 Å². The monoisotopic (exact) mass is 432 g/mol. The van der Waals surface area contributed by atoms with Crippen molar-refractivity contribution in [2.75, 3.05) is 23.4 Å². The molecule has 0 unspecified atom stereocenters. The molecule has 4 rings (SSSR count). The maximum absolute atomic E-state index is 12.5. The Kier molecular flexibility index (Phi) is 5.67. The molecule has 1 amide bonds. The molecule has 11 heteroatoms. The highest BCUT2D eigenvalue weighted by Crippen LogP contribution is 2.38. The van der Waals surface area contributed by atoms with Crippen LogP contribution in [0.2, 0.25) is 0 Å². The van der Waals surface area contributed by atoms with Gasteiger partial charge in [0.15, 0.2) is 16.6 Å². The minimum Gasteiger partial charge on any atom is -0.462 e. The van der Waals surface area contributed by atoms with Crippen LogP contribution < -0.4 is 11.1 Å². The molecule has 4 N–H and O–H groups in total. The van der Waals surface area contributed by atoms with Crippen molar-refractivity contribution < 1.29 is 14.3 Å². The number of fused-ring (bicyclic) bond motifs is 2. The highest BCUT2D eigenvalue weighted by Gasteiger charge is 2.27. The molecule has 0 bridgehead atoms. The Morgan fingerprint density at radius 1 is 1.34 bits per heavy atom. The number of hydrogen-bond donors (Lipinski definition) is 3. The second-order valence-corrected chi connectivity index (χ2v) is 8.54. The van der Waals surface area contributed by atoms with E-state index in [4.69, 9.17) is 10.5 Å². The Morgan fingerprint density at radius 2 is 2.17 bits per heavy atom. The molecule has 3 heterocycles. The molecule has 0 atom stereocenters. The van der Waals surface area contributed by atoms with Crippen LogP contribution in [0, 0.1) is 0 Å². The van der Waals surface area contributed by atoms with E-state index in [9.17, 15) is 9.59 Å². The van der Waals surface area contributed by atoms with E-state index in [1.54, 1.807) is 6.92 Å². The lowest BCUT2D eigenvalue weighted by atomic mass is 9.95. The van der Waals surface area contributed by atoms with Crippen LogP contribution in [0.25, 0.3) is 11.2 Å². The Bertz CT molecular complexity index is 1080. The lowest BCUT2D eigenvalue weighted by Gasteiger charge is -2.12. The summed E-state index contributed by atoms with van der Waals surface area (Å²) in [5.41, 5.74) is 8.33. The van der Waals surface area contributed by atoms with Gasteiger partial charge < -0.3 is 20.8 Å². The van der Waals surface area contributed by atoms with Gasteiger partial charge in [0, 0.05) is 4.88 Å². The number of aryl methyl sites for hydroxylation is 1. The number of hydrogen-bond acceptors (Lipinski definition) is 9. The van der Waals surface area contributed by atoms with Crippen molar-refractivity contribution in [1.82, 2.24) is 19.9 Å². The predicted molar refractivity (Wildman–Crippen MR) is 112 cm³/mol. The molecule has 0 aliphatic heterocycles. The standard InChI is InChI=1S/C18H20N6O3S2/c1-2-27-17(26)12-9-5-3-4-6-10(9)29-16(12)22-11(25)7-28-18-23-13-14(19)20-8-21-15(13)24-18/h8H,2-7H2,1H3,(H,22,25)(H3,19,20,21,23,24). The van der Waals surface area contributed by atoms with Crippen molar-refractivity contribution in [3.8, 4) is 0 Å². The van der Waals surface area contributed by atoms with Gasteiger partial charge in [-0.2, -0.15) is 0 Å². The van der Waals surface area contributed by atoms with Crippen LogP contribution in [-0.2, 0) is 22.4 Å². The molecule has 29 heavy (non-hydrogen) atoms. The van der Waals surface area contributed by atoms with Gasteiger partial charge in [-0.05, 0) is 38.2 Å². The highest BCUT2D eigenvalue weighted by molar-refractivity contribution is 7.99. The lowest BCUT2D eigenvalue weighted by molar-refractivity contribution is -0.113.